The maximum atomic E-state index is 11.7. The molecular formula is C24H24O5. The van der Waals surface area contributed by atoms with Crippen LogP contribution in [0.4, 0.5) is 0 Å². The highest BCUT2D eigenvalue weighted by molar-refractivity contribution is 5.76. The molecule has 3 rings (SSSR count). The summed E-state index contributed by atoms with van der Waals surface area (Å²) in [4.78, 5) is 11.7. The normalized spacial score (nSPS) is 11.5. The van der Waals surface area contributed by atoms with Gasteiger partial charge in [-0.2, -0.15) is 0 Å². The van der Waals surface area contributed by atoms with Crippen molar-refractivity contribution in [2.24, 2.45) is 0 Å². The molecule has 0 saturated carbocycles. The molecule has 0 fully saturated rings. The van der Waals surface area contributed by atoms with E-state index in [1.54, 1.807) is 7.11 Å². The Kier molecular flexibility index (Phi) is 7.11. The van der Waals surface area contributed by atoms with E-state index in [4.69, 9.17) is 14.2 Å². The van der Waals surface area contributed by atoms with E-state index in [1.807, 2.05) is 78.9 Å². The lowest BCUT2D eigenvalue weighted by Gasteiger charge is -2.14. The number of hydrogen-bond acceptors (Lipinski definition) is 4. The first kappa shape index (κ1) is 20.3. The number of aliphatic carboxylic acids is 1. The van der Waals surface area contributed by atoms with E-state index in [2.05, 4.69) is 0 Å². The zero-order chi connectivity index (χ0) is 20.5. The topological polar surface area (TPSA) is 65.0 Å². The molecule has 0 aliphatic rings. The molecule has 0 aliphatic heterocycles. The molecule has 1 N–H and O–H groups in total. The summed E-state index contributed by atoms with van der Waals surface area (Å²) in [6.07, 6.45) is 0.427. The van der Waals surface area contributed by atoms with Gasteiger partial charge in [-0.1, -0.05) is 54.6 Å². The van der Waals surface area contributed by atoms with Gasteiger partial charge in [-0.05, 0) is 41.8 Å². The van der Waals surface area contributed by atoms with E-state index < -0.39 is 11.9 Å². The van der Waals surface area contributed by atoms with Crippen LogP contribution in [-0.4, -0.2) is 31.4 Å². The average molecular weight is 392 g/mol. The number of ether oxygens (including phenoxy) is 3. The van der Waals surface area contributed by atoms with Gasteiger partial charge >= 0.3 is 5.97 Å². The van der Waals surface area contributed by atoms with Crippen LogP contribution in [-0.2, 0) is 11.2 Å². The highest BCUT2D eigenvalue weighted by Crippen LogP contribution is 2.26. The van der Waals surface area contributed by atoms with Crippen molar-refractivity contribution in [2.75, 3.05) is 20.3 Å². The lowest BCUT2D eigenvalue weighted by molar-refractivity contribution is -0.138. The number of carboxylic acids is 1. The van der Waals surface area contributed by atoms with Crippen LogP contribution in [0.1, 0.15) is 17.0 Å². The lowest BCUT2D eigenvalue weighted by atomic mass is 9.92. The molecule has 0 bridgehead atoms. The Balaban J connectivity index is 1.51. The second-order valence-electron chi connectivity index (χ2n) is 6.50. The first-order valence-corrected chi connectivity index (χ1v) is 9.42. The van der Waals surface area contributed by atoms with E-state index in [9.17, 15) is 9.90 Å². The second-order valence-corrected chi connectivity index (χ2v) is 6.50. The molecule has 3 aromatic rings. The van der Waals surface area contributed by atoms with Crippen LogP contribution in [0.5, 0.6) is 17.2 Å². The Morgan fingerprint density at radius 2 is 1.45 bits per heavy atom. The minimum absolute atomic E-state index is 0.386. The maximum Gasteiger partial charge on any atom is 0.311 e. The van der Waals surface area contributed by atoms with Gasteiger partial charge in [0.15, 0.2) is 11.5 Å². The largest absolute Gasteiger partial charge is 0.493 e. The highest BCUT2D eigenvalue weighted by Gasteiger charge is 2.20. The van der Waals surface area contributed by atoms with Gasteiger partial charge in [-0.15, -0.1) is 0 Å². The fraction of sp³-hybridized carbons (Fsp3) is 0.208. The molecule has 0 aromatic heterocycles. The van der Waals surface area contributed by atoms with Gasteiger partial charge in [0.25, 0.3) is 0 Å². The zero-order valence-electron chi connectivity index (χ0n) is 16.3. The van der Waals surface area contributed by atoms with Crippen LogP contribution in [0, 0.1) is 0 Å². The fourth-order valence-corrected chi connectivity index (χ4v) is 3.04. The first-order chi connectivity index (χ1) is 14.2. The van der Waals surface area contributed by atoms with Crippen molar-refractivity contribution < 1.29 is 24.1 Å². The van der Waals surface area contributed by atoms with E-state index >= 15 is 0 Å². The average Bonchev–Trinajstić information content (AvgIpc) is 2.76. The van der Waals surface area contributed by atoms with Gasteiger partial charge in [0.2, 0.25) is 0 Å². The predicted molar refractivity (Wildman–Crippen MR) is 111 cm³/mol. The molecule has 0 heterocycles. The minimum Gasteiger partial charge on any atom is -0.493 e. The molecule has 0 radical (unpaired) electrons. The number of carboxylic acid groups (broad SMARTS) is 1. The zero-order valence-corrected chi connectivity index (χ0v) is 16.3. The standard InChI is InChI=1S/C24H24O5/c1-27-22-9-5-6-10-23(22)29-16-15-28-20-13-11-18(12-14-20)17-21(24(25)26)19-7-3-2-4-8-19/h2-14,21H,15-17H2,1H3,(H,25,26). The van der Waals surface area contributed by atoms with Crippen LogP contribution in [0.3, 0.4) is 0 Å². The summed E-state index contributed by atoms with van der Waals surface area (Å²) in [6, 6.07) is 24.2. The molecule has 0 spiro atoms. The fourth-order valence-electron chi connectivity index (χ4n) is 3.04. The molecule has 29 heavy (non-hydrogen) atoms. The minimum atomic E-state index is -0.829. The molecule has 5 nitrogen and oxygen atoms in total. The summed E-state index contributed by atoms with van der Waals surface area (Å²) in [6.45, 7) is 0.774. The van der Waals surface area contributed by atoms with Crippen molar-refractivity contribution in [2.45, 2.75) is 12.3 Å². The smallest absolute Gasteiger partial charge is 0.311 e. The Hall–Kier alpha value is -3.47. The Bertz CT molecular complexity index is 906. The molecule has 1 atom stereocenters. The van der Waals surface area contributed by atoms with Crippen LogP contribution in [0.15, 0.2) is 78.9 Å². The third-order valence-electron chi connectivity index (χ3n) is 4.54. The van der Waals surface area contributed by atoms with Crippen LogP contribution in [0.25, 0.3) is 0 Å². The third kappa shape index (κ3) is 5.75. The molecule has 150 valence electrons. The van der Waals surface area contributed by atoms with Gasteiger partial charge < -0.3 is 19.3 Å². The van der Waals surface area contributed by atoms with Gasteiger partial charge in [0.05, 0.1) is 13.0 Å². The molecule has 3 aromatic carbocycles. The predicted octanol–water partition coefficient (Wildman–Crippen LogP) is 4.56. The van der Waals surface area contributed by atoms with Crippen molar-refractivity contribution in [1.82, 2.24) is 0 Å². The quantitative estimate of drug-likeness (QED) is 0.512. The molecular weight excluding hydrogens is 368 g/mol. The SMILES string of the molecule is COc1ccccc1OCCOc1ccc(CC(C(=O)O)c2ccccc2)cc1. The van der Waals surface area contributed by atoms with E-state index in [1.165, 1.54) is 0 Å². The Labute approximate surface area is 170 Å². The molecule has 5 heteroatoms. The van der Waals surface area contributed by atoms with Crippen molar-refractivity contribution in [1.29, 1.82) is 0 Å². The van der Waals surface area contributed by atoms with Crippen molar-refractivity contribution in [3.8, 4) is 17.2 Å². The summed E-state index contributed by atoms with van der Waals surface area (Å²) < 4.78 is 16.6. The van der Waals surface area contributed by atoms with Crippen molar-refractivity contribution in [3.63, 3.8) is 0 Å². The van der Waals surface area contributed by atoms with Gasteiger partial charge in [0, 0.05) is 0 Å². The summed E-state index contributed by atoms with van der Waals surface area (Å²) in [5.41, 5.74) is 1.74. The van der Waals surface area contributed by atoms with Crippen molar-refractivity contribution in [3.05, 3.63) is 90.0 Å². The number of hydrogen-bond donors (Lipinski definition) is 1. The number of para-hydroxylation sites is 2. The van der Waals surface area contributed by atoms with Crippen molar-refractivity contribution >= 4 is 5.97 Å². The Morgan fingerprint density at radius 3 is 2.10 bits per heavy atom. The molecule has 0 saturated heterocycles. The third-order valence-corrected chi connectivity index (χ3v) is 4.54. The maximum absolute atomic E-state index is 11.7. The van der Waals surface area contributed by atoms with E-state index in [-0.39, 0.29) is 0 Å². The van der Waals surface area contributed by atoms with Crippen LogP contribution in [0.2, 0.25) is 0 Å². The number of carbonyl (C=O) groups is 1. The Morgan fingerprint density at radius 1 is 0.828 bits per heavy atom. The van der Waals surface area contributed by atoms with Crippen LogP contribution >= 0.6 is 0 Å². The van der Waals surface area contributed by atoms with Gasteiger partial charge in [-0.25, -0.2) is 0 Å². The molecule has 0 aliphatic carbocycles. The van der Waals surface area contributed by atoms with E-state index in [0.717, 1.165) is 11.1 Å². The van der Waals surface area contributed by atoms with Crippen LogP contribution < -0.4 is 14.2 Å². The summed E-state index contributed by atoms with van der Waals surface area (Å²) >= 11 is 0. The van der Waals surface area contributed by atoms with E-state index in [0.29, 0.717) is 36.9 Å². The van der Waals surface area contributed by atoms with Gasteiger partial charge in [0.1, 0.15) is 19.0 Å². The summed E-state index contributed by atoms with van der Waals surface area (Å²) in [5.74, 6) is 0.670. The second kappa shape index (κ2) is 10.2. The number of benzene rings is 3. The number of methoxy groups -OCH3 is 1. The monoisotopic (exact) mass is 392 g/mol. The summed E-state index contributed by atoms with van der Waals surface area (Å²) in [5, 5.41) is 9.57. The molecule has 0 amide bonds. The number of rotatable bonds is 10. The lowest BCUT2D eigenvalue weighted by Crippen LogP contribution is -2.14. The highest BCUT2D eigenvalue weighted by atomic mass is 16.5. The summed E-state index contributed by atoms with van der Waals surface area (Å²) in [7, 11) is 1.60. The first-order valence-electron chi connectivity index (χ1n) is 9.42. The van der Waals surface area contributed by atoms with Gasteiger partial charge in [-0.3, -0.25) is 4.79 Å². The molecule has 1 unspecified atom stereocenters.